The molecule has 1 amide bonds. The lowest BCUT2D eigenvalue weighted by atomic mass is 10.1. The maximum atomic E-state index is 12.3. The fourth-order valence-electron chi connectivity index (χ4n) is 2.54. The number of fused-ring (bicyclic) bond motifs is 1. The van der Waals surface area contributed by atoms with Gasteiger partial charge in [-0.1, -0.05) is 29.8 Å². The molecule has 2 aromatic carbocycles. The zero-order valence-corrected chi connectivity index (χ0v) is 15.1. The van der Waals surface area contributed by atoms with Crippen LogP contribution >= 0.6 is 22.9 Å². The summed E-state index contributed by atoms with van der Waals surface area (Å²) >= 11 is 7.40. The molecule has 0 fully saturated rings. The molecular weight excluding hydrogens is 370 g/mol. The quantitative estimate of drug-likeness (QED) is 0.541. The first-order chi connectivity index (χ1) is 12.7. The van der Waals surface area contributed by atoms with Gasteiger partial charge in [-0.2, -0.15) is 0 Å². The largest absolute Gasteiger partial charge is 0.484 e. The van der Waals surface area contributed by atoms with Gasteiger partial charge in [-0.3, -0.25) is 9.20 Å². The number of anilines is 1. The molecule has 0 aliphatic heterocycles. The number of hydrogen-bond acceptors (Lipinski definition) is 4. The molecule has 0 saturated heterocycles. The van der Waals surface area contributed by atoms with Crippen LogP contribution in [0, 0.1) is 0 Å². The van der Waals surface area contributed by atoms with Gasteiger partial charge in [0.05, 0.1) is 11.4 Å². The van der Waals surface area contributed by atoms with Gasteiger partial charge in [-0.25, -0.2) is 4.98 Å². The van der Waals surface area contributed by atoms with Crippen LogP contribution in [0.2, 0.25) is 5.02 Å². The number of carbonyl (C=O) groups is 1. The molecule has 0 bridgehead atoms. The SMILES string of the molecule is O=C(COc1ccc(Cl)cc1)Nc1ccccc1-c1cn2ccsc2n1. The van der Waals surface area contributed by atoms with Crippen LogP contribution in [0.3, 0.4) is 0 Å². The Morgan fingerprint density at radius 3 is 2.81 bits per heavy atom. The first-order valence-electron chi connectivity index (χ1n) is 7.89. The summed E-state index contributed by atoms with van der Waals surface area (Å²) in [6.07, 6.45) is 3.90. The predicted octanol–water partition coefficient (Wildman–Crippen LogP) is 4.73. The molecule has 4 rings (SSSR count). The number of nitrogens with one attached hydrogen (secondary N) is 1. The van der Waals surface area contributed by atoms with Gasteiger partial charge in [0, 0.05) is 28.4 Å². The lowest BCUT2D eigenvalue weighted by Crippen LogP contribution is -2.20. The molecule has 2 aromatic heterocycles. The van der Waals surface area contributed by atoms with E-state index in [9.17, 15) is 4.79 Å². The van der Waals surface area contributed by atoms with E-state index in [0.29, 0.717) is 16.5 Å². The first-order valence-corrected chi connectivity index (χ1v) is 9.14. The summed E-state index contributed by atoms with van der Waals surface area (Å²) in [4.78, 5) is 17.8. The van der Waals surface area contributed by atoms with Gasteiger partial charge >= 0.3 is 0 Å². The summed E-state index contributed by atoms with van der Waals surface area (Å²) in [5.74, 6) is 0.348. The van der Waals surface area contributed by atoms with Crippen molar-refractivity contribution < 1.29 is 9.53 Å². The Labute approximate surface area is 158 Å². The van der Waals surface area contributed by atoms with Gasteiger partial charge < -0.3 is 10.1 Å². The number of halogens is 1. The predicted molar refractivity (Wildman–Crippen MR) is 104 cm³/mol. The molecule has 0 radical (unpaired) electrons. The van der Waals surface area contributed by atoms with E-state index in [-0.39, 0.29) is 12.5 Å². The number of para-hydroxylation sites is 1. The Bertz CT molecular complexity index is 1030. The van der Waals surface area contributed by atoms with Gasteiger partial charge in [-0.15, -0.1) is 11.3 Å². The Morgan fingerprint density at radius 2 is 2.00 bits per heavy atom. The molecule has 7 heteroatoms. The van der Waals surface area contributed by atoms with E-state index in [1.165, 1.54) is 0 Å². The average molecular weight is 384 g/mol. The fraction of sp³-hybridized carbons (Fsp3) is 0.0526. The van der Waals surface area contributed by atoms with Crippen molar-refractivity contribution >= 4 is 39.5 Å². The Kier molecular flexibility index (Phi) is 4.60. The Hall–Kier alpha value is -2.83. The molecule has 4 aromatic rings. The van der Waals surface area contributed by atoms with Crippen LogP contribution < -0.4 is 10.1 Å². The number of ether oxygens (including phenoxy) is 1. The van der Waals surface area contributed by atoms with E-state index < -0.39 is 0 Å². The van der Waals surface area contributed by atoms with Crippen molar-refractivity contribution in [3.8, 4) is 17.0 Å². The summed E-state index contributed by atoms with van der Waals surface area (Å²) in [5.41, 5.74) is 2.37. The normalized spacial score (nSPS) is 10.8. The molecule has 0 atom stereocenters. The van der Waals surface area contributed by atoms with Crippen molar-refractivity contribution in [1.82, 2.24) is 9.38 Å². The number of carbonyl (C=O) groups excluding carboxylic acids is 1. The molecule has 0 aliphatic rings. The third-order valence-electron chi connectivity index (χ3n) is 3.75. The van der Waals surface area contributed by atoms with Crippen LogP contribution in [0.4, 0.5) is 5.69 Å². The molecule has 130 valence electrons. The molecular formula is C19H14ClN3O2S. The monoisotopic (exact) mass is 383 g/mol. The number of nitrogens with zero attached hydrogens (tertiary/aromatic N) is 2. The average Bonchev–Trinajstić information content (AvgIpc) is 3.24. The lowest BCUT2D eigenvalue weighted by molar-refractivity contribution is -0.118. The maximum absolute atomic E-state index is 12.3. The van der Waals surface area contributed by atoms with E-state index in [0.717, 1.165) is 16.2 Å². The molecule has 0 unspecified atom stereocenters. The van der Waals surface area contributed by atoms with Crippen molar-refractivity contribution in [2.75, 3.05) is 11.9 Å². The highest BCUT2D eigenvalue weighted by Crippen LogP contribution is 2.28. The second-order valence-corrected chi connectivity index (χ2v) is 6.86. The molecule has 0 saturated carbocycles. The minimum absolute atomic E-state index is 0.0890. The number of rotatable bonds is 5. The first kappa shape index (κ1) is 16.6. The third kappa shape index (κ3) is 3.56. The number of amides is 1. The Morgan fingerprint density at radius 1 is 1.19 bits per heavy atom. The number of hydrogen-bond donors (Lipinski definition) is 1. The fourth-order valence-corrected chi connectivity index (χ4v) is 3.36. The number of aromatic nitrogens is 2. The van der Waals surface area contributed by atoms with Gasteiger partial charge in [-0.05, 0) is 30.3 Å². The highest BCUT2D eigenvalue weighted by atomic mass is 35.5. The van der Waals surface area contributed by atoms with Crippen LogP contribution in [-0.4, -0.2) is 21.9 Å². The van der Waals surface area contributed by atoms with E-state index >= 15 is 0 Å². The second-order valence-electron chi connectivity index (χ2n) is 5.56. The van der Waals surface area contributed by atoms with Crippen molar-refractivity contribution in [2.24, 2.45) is 0 Å². The minimum atomic E-state index is -0.242. The van der Waals surface area contributed by atoms with Crippen molar-refractivity contribution in [3.63, 3.8) is 0 Å². The van der Waals surface area contributed by atoms with E-state index in [2.05, 4.69) is 10.3 Å². The zero-order valence-electron chi connectivity index (χ0n) is 13.6. The molecule has 0 spiro atoms. The second kappa shape index (κ2) is 7.19. The van der Waals surface area contributed by atoms with Gasteiger partial charge in [0.15, 0.2) is 11.6 Å². The number of imidazole rings is 1. The van der Waals surface area contributed by atoms with Crippen molar-refractivity contribution in [1.29, 1.82) is 0 Å². The Balaban J connectivity index is 1.48. The highest BCUT2D eigenvalue weighted by Gasteiger charge is 2.12. The van der Waals surface area contributed by atoms with Gasteiger partial charge in [0.1, 0.15) is 5.75 Å². The molecule has 0 aliphatic carbocycles. The third-order valence-corrected chi connectivity index (χ3v) is 4.78. The summed E-state index contributed by atoms with van der Waals surface area (Å²) in [5, 5.41) is 5.49. The van der Waals surface area contributed by atoms with Crippen molar-refractivity contribution in [2.45, 2.75) is 0 Å². The lowest BCUT2D eigenvalue weighted by Gasteiger charge is -2.10. The molecule has 5 nitrogen and oxygen atoms in total. The van der Waals surface area contributed by atoms with Crippen LogP contribution in [0.1, 0.15) is 0 Å². The maximum Gasteiger partial charge on any atom is 0.262 e. The number of benzene rings is 2. The molecule has 2 heterocycles. The van der Waals surface area contributed by atoms with E-state index in [1.807, 2.05) is 46.4 Å². The van der Waals surface area contributed by atoms with Gasteiger partial charge in [0.25, 0.3) is 5.91 Å². The van der Waals surface area contributed by atoms with Crippen LogP contribution in [0.25, 0.3) is 16.2 Å². The van der Waals surface area contributed by atoms with E-state index in [1.54, 1.807) is 35.6 Å². The highest BCUT2D eigenvalue weighted by molar-refractivity contribution is 7.15. The molecule has 26 heavy (non-hydrogen) atoms. The summed E-state index contributed by atoms with van der Waals surface area (Å²) in [6, 6.07) is 14.5. The minimum Gasteiger partial charge on any atom is -0.484 e. The van der Waals surface area contributed by atoms with Crippen LogP contribution in [-0.2, 0) is 4.79 Å². The summed E-state index contributed by atoms with van der Waals surface area (Å²) in [6.45, 7) is -0.0890. The van der Waals surface area contributed by atoms with E-state index in [4.69, 9.17) is 16.3 Å². The van der Waals surface area contributed by atoms with Crippen LogP contribution in [0.15, 0.2) is 66.3 Å². The zero-order chi connectivity index (χ0) is 17.9. The summed E-state index contributed by atoms with van der Waals surface area (Å²) < 4.78 is 7.45. The smallest absolute Gasteiger partial charge is 0.262 e. The molecule has 1 N–H and O–H groups in total. The van der Waals surface area contributed by atoms with Crippen molar-refractivity contribution in [3.05, 3.63) is 71.3 Å². The van der Waals surface area contributed by atoms with Crippen LogP contribution in [0.5, 0.6) is 5.75 Å². The van der Waals surface area contributed by atoms with Gasteiger partial charge in [0.2, 0.25) is 0 Å². The summed E-state index contributed by atoms with van der Waals surface area (Å²) in [7, 11) is 0. The standard InChI is InChI=1S/C19H14ClN3O2S/c20-13-5-7-14(8-6-13)25-12-18(24)21-16-4-2-1-3-15(16)17-11-23-9-10-26-19(23)22-17/h1-11H,12H2,(H,21,24). The topological polar surface area (TPSA) is 55.6 Å². The number of thiazole rings is 1.